The number of aryl methyl sites for hydroxylation is 1. The molecule has 2 aromatic rings. The van der Waals surface area contributed by atoms with Gasteiger partial charge in [-0.25, -0.2) is 4.79 Å². The SMILES string of the molecule is Cn1c(=O)n(C2CNC2)c(=O)c2c(Br)cccc21. The van der Waals surface area contributed by atoms with Gasteiger partial charge in [0.1, 0.15) is 0 Å². The van der Waals surface area contributed by atoms with E-state index in [1.54, 1.807) is 13.1 Å². The van der Waals surface area contributed by atoms with E-state index in [1.807, 2.05) is 12.1 Å². The van der Waals surface area contributed by atoms with E-state index in [-0.39, 0.29) is 17.3 Å². The van der Waals surface area contributed by atoms with Gasteiger partial charge in [-0.2, -0.15) is 0 Å². The van der Waals surface area contributed by atoms with Crippen molar-refractivity contribution in [2.75, 3.05) is 13.1 Å². The molecule has 94 valence electrons. The molecule has 0 spiro atoms. The summed E-state index contributed by atoms with van der Waals surface area (Å²) in [6, 6.07) is 5.39. The fraction of sp³-hybridized carbons (Fsp3) is 0.333. The van der Waals surface area contributed by atoms with E-state index < -0.39 is 0 Å². The maximum Gasteiger partial charge on any atom is 0.331 e. The third-order valence-corrected chi connectivity index (χ3v) is 4.06. The second kappa shape index (κ2) is 4.07. The first-order valence-corrected chi connectivity index (χ1v) is 6.51. The van der Waals surface area contributed by atoms with Crippen molar-refractivity contribution in [2.24, 2.45) is 7.05 Å². The van der Waals surface area contributed by atoms with Gasteiger partial charge >= 0.3 is 5.69 Å². The highest BCUT2D eigenvalue weighted by atomic mass is 79.9. The summed E-state index contributed by atoms with van der Waals surface area (Å²) in [6.07, 6.45) is 0. The van der Waals surface area contributed by atoms with E-state index >= 15 is 0 Å². The summed E-state index contributed by atoms with van der Waals surface area (Å²) < 4.78 is 3.60. The van der Waals surface area contributed by atoms with Crippen LogP contribution in [0.5, 0.6) is 0 Å². The lowest BCUT2D eigenvalue weighted by molar-refractivity contribution is 0.323. The number of rotatable bonds is 1. The topological polar surface area (TPSA) is 56.0 Å². The van der Waals surface area contributed by atoms with Gasteiger partial charge in [0.05, 0.1) is 16.9 Å². The highest BCUT2D eigenvalue weighted by Crippen LogP contribution is 2.19. The number of hydrogen-bond donors (Lipinski definition) is 1. The van der Waals surface area contributed by atoms with Gasteiger partial charge < -0.3 is 5.32 Å². The van der Waals surface area contributed by atoms with E-state index in [4.69, 9.17) is 0 Å². The van der Waals surface area contributed by atoms with Crippen molar-refractivity contribution in [1.29, 1.82) is 0 Å². The zero-order chi connectivity index (χ0) is 12.9. The number of fused-ring (bicyclic) bond motifs is 1. The maximum absolute atomic E-state index is 12.4. The molecule has 1 aliphatic heterocycles. The highest BCUT2D eigenvalue weighted by Gasteiger charge is 2.24. The number of nitrogens with zero attached hydrogens (tertiary/aromatic N) is 2. The molecule has 1 saturated heterocycles. The Morgan fingerprint density at radius 2 is 2.06 bits per heavy atom. The van der Waals surface area contributed by atoms with Gasteiger partial charge in [0.15, 0.2) is 0 Å². The smallest absolute Gasteiger partial charge is 0.312 e. The van der Waals surface area contributed by atoms with Crippen LogP contribution in [0.15, 0.2) is 32.3 Å². The Bertz CT molecular complexity index is 743. The van der Waals surface area contributed by atoms with Crippen molar-refractivity contribution >= 4 is 26.8 Å². The van der Waals surface area contributed by atoms with Gasteiger partial charge in [-0.15, -0.1) is 0 Å². The lowest BCUT2D eigenvalue weighted by atomic mass is 10.1. The van der Waals surface area contributed by atoms with Gasteiger partial charge in [-0.1, -0.05) is 6.07 Å². The molecule has 6 heteroatoms. The molecule has 3 rings (SSSR count). The summed E-state index contributed by atoms with van der Waals surface area (Å²) in [4.78, 5) is 24.7. The molecule has 18 heavy (non-hydrogen) atoms. The number of nitrogens with one attached hydrogen (secondary N) is 1. The Balaban J connectivity index is 2.48. The summed E-state index contributed by atoms with van der Waals surface area (Å²) in [5, 5.41) is 3.64. The molecule has 0 amide bonds. The Kier molecular flexibility index (Phi) is 2.64. The molecule has 0 unspecified atom stereocenters. The van der Waals surface area contributed by atoms with Crippen LogP contribution < -0.4 is 16.6 Å². The summed E-state index contributed by atoms with van der Waals surface area (Å²) in [5.41, 5.74) is 0.187. The average molecular weight is 310 g/mol. The van der Waals surface area contributed by atoms with E-state index in [0.29, 0.717) is 24.0 Å². The Morgan fingerprint density at radius 3 is 2.67 bits per heavy atom. The van der Waals surface area contributed by atoms with Crippen LogP contribution in [0.25, 0.3) is 10.9 Å². The van der Waals surface area contributed by atoms with Crippen molar-refractivity contribution in [3.05, 3.63) is 43.5 Å². The molecule has 0 bridgehead atoms. The first-order chi connectivity index (χ1) is 8.61. The van der Waals surface area contributed by atoms with Crippen LogP contribution in [0.1, 0.15) is 6.04 Å². The second-order valence-electron chi connectivity index (χ2n) is 4.46. The Morgan fingerprint density at radius 1 is 1.33 bits per heavy atom. The lowest BCUT2D eigenvalue weighted by Gasteiger charge is -2.29. The number of halogens is 1. The molecule has 5 nitrogen and oxygen atoms in total. The van der Waals surface area contributed by atoms with Crippen molar-refractivity contribution in [3.63, 3.8) is 0 Å². The van der Waals surface area contributed by atoms with Crippen molar-refractivity contribution < 1.29 is 0 Å². The minimum absolute atomic E-state index is 0.0345. The van der Waals surface area contributed by atoms with E-state index in [2.05, 4.69) is 21.2 Å². The second-order valence-corrected chi connectivity index (χ2v) is 5.32. The molecule has 0 atom stereocenters. The minimum atomic E-state index is -0.253. The predicted octanol–water partition coefficient (Wildman–Crippen LogP) is 0.607. The zero-order valence-electron chi connectivity index (χ0n) is 9.81. The van der Waals surface area contributed by atoms with E-state index in [9.17, 15) is 9.59 Å². The maximum atomic E-state index is 12.4. The molecule has 1 aromatic heterocycles. The summed E-state index contributed by atoms with van der Waals surface area (Å²) in [5.74, 6) is 0. The fourth-order valence-corrected chi connectivity index (χ4v) is 2.78. The number of hydrogen-bond acceptors (Lipinski definition) is 3. The normalized spacial score (nSPS) is 15.9. The molecule has 1 aliphatic rings. The summed E-state index contributed by atoms with van der Waals surface area (Å²) in [6.45, 7) is 1.34. The Hall–Kier alpha value is -1.40. The quantitative estimate of drug-likeness (QED) is 0.839. The third-order valence-electron chi connectivity index (χ3n) is 3.40. The van der Waals surface area contributed by atoms with Crippen LogP contribution in [0, 0.1) is 0 Å². The number of aromatic nitrogens is 2. The molecule has 0 aliphatic carbocycles. The first-order valence-electron chi connectivity index (χ1n) is 5.71. The largest absolute Gasteiger partial charge is 0.331 e. The van der Waals surface area contributed by atoms with Gasteiger partial charge in [0, 0.05) is 24.6 Å². The molecule has 0 radical (unpaired) electrons. The van der Waals surface area contributed by atoms with Crippen LogP contribution in [0.3, 0.4) is 0 Å². The van der Waals surface area contributed by atoms with Crippen molar-refractivity contribution in [2.45, 2.75) is 6.04 Å². The van der Waals surface area contributed by atoms with Gasteiger partial charge in [0.2, 0.25) is 0 Å². The summed E-state index contributed by atoms with van der Waals surface area (Å²) in [7, 11) is 1.69. The highest BCUT2D eigenvalue weighted by molar-refractivity contribution is 9.10. The molecule has 1 aromatic carbocycles. The Labute approximate surface area is 111 Å². The van der Waals surface area contributed by atoms with E-state index in [1.165, 1.54) is 9.13 Å². The fourth-order valence-electron chi connectivity index (χ4n) is 2.25. The van der Waals surface area contributed by atoms with Crippen molar-refractivity contribution in [3.8, 4) is 0 Å². The molecule has 1 N–H and O–H groups in total. The van der Waals surface area contributed by atoms with Crippen LogP contribution in [0.2, 0.25) is 0 Å². The minimum Gasteiger partial charge on any atom is -0.312 e. The molecule has 0 saturated carbocycles. The average Bonchev–Trinajstić information content (AvgIpc) is 2.29. The number of benzene rings is 1. The van der Waals surface area contributed by atoms with Crippen LogP contribution in [0.4, 0.5) is 0 Å². The van der Waals surface area contributed by atoms with Gasteiger partial charge in [0.25, 0.3) is 5.56 Å². The predicted molar refractivity (Wildman–Crippen MR) is 73.1 cm³/mol. The molecule has 2 heterocycles. The van der Waals surface area contributed by atoms with Crippen LogP contribution in [-0.2, 0) is 7.05 Å². The van der Waals surface area contributed by atoms with Gasteiger partial charge in [-0.05, 0) is 28.1 Å². The standard InChI is InChI=1S/C12H12BrN3O2/c1-15-9-4-2-3-8(13)10(9)11(17)16(12(15)18)7-5-14-6-7/h2-4,7,14H,5-6H2,1H3. The van der Waals surface area contributed by atoms with Crippen LogP contribution >= 0.6 is 15.9 Å². The van der Waals surface area contributed by atoms with E-state index in [0.717, 1.165) is 4.47 Å². The first kappa shape index (κ1) is 11.7. The van der Waals surface area contributed by atoms with Gasteiger partial charge in [-0.3, -0.25) is 13.9 Å². The molecule has 1 fully saturated rings. The molecular weight excluding hydrogens is 298 g/mol. The monoisotopic (exact) mass is 309 g/mol. The summed E-state index contributed by atoms with van der Waals surface area (Å²) >= 11 is 3.39. The lowest BCUT2D eigenvalue weighted by Crippen LogP contribution is -2.53. The third kappa shape index (κ3) is 1.49. The van der Waals surface area contributed by atoms with Crippen molar-refractivity contribution in [1.82, 2.24) is 14.5 Å². The zero-order valence-corrected chi connectivity index (χ0v) is 11.4. The molecular formula is C12H12BrN3O2. The van der Waals surface area contributed by atoms with Crippen LogP contribution in [-0.4, -0.2) is 22.2 Å².